The van der Waals surface area contributed by atoms with Gasteiger partial charge in [-0.1, -0.05) is 0 Å². The van der Waals surface area contributed by atoms with Gasteiger partial charge in [0.2, 0.25) is 0 Å². The Balaban J connectivity index is 1.82. The van der Waals surface area contributed by atoms with Gasteiger partial charge in [0.1, 0.15) is 5.82 Å². The molecule has 6 heteroatoms. The van der Waals surface area contributed by atoms with Crippen molar-refractivity contribution < 1.29 is 4.79 Å². The molecule has 2 heterocycles. The predicted octanol–water partition coefficient (Wildman–Crippen LogP) is 1.54. The average Bonchev–Trinajstić information content (AvgIpc) is 2.89. The van der Waals surface area contributed by atoms with Crippen LogP contribution in [-0.4, -0.2) is 41.7 Å². The Kier molecular flexibility index (Phi) is 4.92. The lowest BCUT2D eigenvalue weighted by atomic mass is 10.1. The van der Waals surface area contributed by atoms with Crippen LogP contribution in [0.25, 0.3) is 0 Å². The van der Waals surface area contributed by atoms with Crippen molar-refractivity contribution in [3.63, 3.8) is 0 Å². The number of nitrogens with one attached hydrogen (secondary N) is 2. The summed E-state index contributed by atoms with van der Waals surface area (Å²) < 4.78 is 0. The van der Waals surface area contributed by atoms with Crippen molar-refractivity contribution >= 4 is 11.7 Å². The maximum atomic E-state index is 12.1. The van der Waals surface area contributed by atoms with E-state index < -0.39 is 0 Å². The summed E-state index contributed by atoms with van der Waals surface area (Å²) in [7, 11) is 3.80. The van der Waals surface area contributed by atoms with Crippen molar-refractivity contribution in [2.24, 2.45) is 0 Å². The molecule has 1 amide bonds. The summed E-state index contributed by atoms with van der Waals surface area (Å²) in [4.78, 5) is 18.1. The van der Waals surface area contributed by atoms with Gasteiger partial charge in [-0.2, -0.15) is 5.10 Å². The van der Waals surface area contributed by atoms with E-state index in [1.165, 1.54) is 5.56 Å². The van der Waals surface area contributed by atoms with Crippen LogP contribution in [0.3, 0.4) is 0 Å². The van der Waals surface area contributed by atoms with E-state index in [9.17, 15) is 4.79 Å². The van der Waals surface area contributed by atoms with E-state index in [0.29, 0.717) is 12.1 Å². The molecule has 0 fully saturated rings. The molecule has 0 atom stereocenters. The normalized spacial score (nSPS) is 10.4. The first kappa shape index (κ1) is 15.0. The molecule has 112 valence electrons. The molecule has 0 saturated carbocycles. The van der Waals surface area contributed by atoms with Gasteiger partial charge in [0.05, 0.1) is 6.20 Å². The summed E-state index contributed by atoms with van der Waals surface area (Å²) in [5.74, 6) is 0.709. The maximum absolute atomic E-state index is 12.1. The number of amides is 1. The van der Waals surface area contributed by atoms with Crippen molar-refractivity contribution in [3.8, 4) is 0 Å². The number of pyridine rings is 1. The smallest absolute Gasteiger partial charge is 0.251 e. The van der Waals surface area contributed by atoms with E-state index in [0.717, 1.165) is 24.4 Å². The van der Waals surface area contributed by atoms with Crippen molar-refractivity contribution in [2.45, 2.75) is 19.8 Å². The van der Waals surface area contributed by atoms with Gasteiger partial charge in [-0.25, -0.2) is 4.98 Å². The SMILES string of the molecule is Cc1[nH]ncc1CCCNC(=O)c1ccnc(N(C)C)c1. The van der Waals surface area contributed by atoms with Gasteiger partial charge in [0.15, 0.2) is 0 Å². The number of aromatic nitrogens is 3. The number of H-pyrrole nitrogens is 1. The lowest BCUT2D eigenvalue weighted by Gasteiger charge is -2.12. The molecule has 2 aromatic heterocycles. The molecular weight excluding hydrogens is 266 g/mol. The highest BCUT2D eigenvalue weighted by atomic mass is 16.1. The fourth-order valence-corrected chi connectivity index (χ4v) is 2.01. The molecule has 2 N–H and O–H groups in total. The van der Waals surface area contributed by atoms with Crippen molar-refractivity contribution in [2.75, 3.05) is 25.5 Å². The summed E-state index contributed by atoms with van der Waals surface area (Å²) in [6.45, 7) is 2.64. The number of hydrogen-bond donors (Lipinski definition) is 2. The Morgan fingerprint density at radius 1 is 1.43 bits per heavy atom. The van der Waals surface area contributed by atoms with Gasteiger partial charge in [-0.15, -0.1) is 0 Å². The molecule has 6 nitrogen and oxygen atoms in total. The number of hydrogen-bond acceptors (Lipinski definition) is 4. The molecule has 2 aromatic rings. The third-order valence-electron chi connectivity index (χ3n) is 3.31. The number of carbonyl (C=O) groups excluding carboxylic acids is 1. The monoisotopic (exact) mass is 287 g/mol. The lowest BCUT2D eigenvalue weighted by molar-refractivity contribution is 0.0953. The molecule has 0 saturated heterocycles. The molecule has 0 unspecified atom stereocenters. The standard InChI is InChI=1S/C15H21N5O/c1-11-13(10-18-19-11)5-4-7-17-15(21)12-6-8-16-14(9-12)20(2)3/h6,8-10H,4-5,7H2,1-3H3,(H,17,21)(H,18,19). The van der Waals surface area contributed by atoms with Crippen LogP contribution in [0.1, 0.15) is 28.0 Å². The van der Waals surface area contributed by atoms with Crippen LogP contribution in [0.5, 0.6) is 0 Å². The predicted molar refractivity (Wildman–Crippen MR) is 82.5 cm³/mol. The summed E-state index contributed by atoms with van der Waals surface area (Å²) >= 11 is 0. The molecule has 0 aliphatic rings. The third-order valence-corrected chi connectivity index (χ3v) is 3.31. The second-order valence-corrected chi connectivity index (χ2v) is 5.18. The minimum absolute atomic E-state index is 0.0654. The van der Waals surface area contributed by atoms with E-state index in [1.807, 2.05) is 32.1 Å². The summed E-state index contributed by atoms with van der Waals surface area (Å²) in [5, 5.41) is 9.83. The van der Waals surface area contributed by atoms with Gasteiger partial charge in [-0.3, -0.25) is 9.89 Å². The Hall–Kier alpha value is -2.37. The van der Waals surface area contributed by atoms with E-state index in [4.69, 9.17) is 0 Å². The zero-order chi connectivity index (χ0) is 15.2. The van der Waals surface area contributed by atoms with E-state index in [1.54, 1.807) is 18.3 Å². The van der Waals surface area contributed by atoms with E-state index in [-0.39, 0.29) is 5.91 Å². The first-order valence-electron chi connectivity index (χ1n) is 6.98. The van der Waals surface area contributed by atoms with Gasteiger partial charge in [0, 0.05) is 38.1 Å². The molecule has 0 spiro atoms. The number of aromatic amines is 1. The number of carbonyl (C=O) groups is 1. The summed E-state index contributed by atoms with van der Waals surface area (Å²) in [6.07, 6.45) is 5.28. The van der Waals surface area contributed by atoms with Crippen LogP contribution in [0, 0.1) is 6.92 Å². The maximum Gasteiger partial charge on any atom is 0.251 e. The lowest BCUT2D eigenvalue weighted by Crippen LogP contribution is -2.25. The highest BCUT2D eigenvalue weighted by Crippen LogP contribution is 2.09. The quantitative estimate of drug-likeness (QED) is 0.790. The molecule has 2 rings (SSSR count). The zero-order valence-electron chi connectivity index (χ0n) is 12.7. The zero-order valence-corrected chi connectivity index (χ0v) is 12.7. The van der Waals surface area contributed by atoms with Crippen LogP contribution in [-0.2, 0) is 6.42 Å². The van der Waals surface area contributed by atoms with Gasteiger partial charge in [-0.05, 0) is 37.5 Å². The van der Waals surface area contributed by atoms with Crippen molar-refractivity contribution in [1.82, 2.24) is 20.5 Å². The summed E-state index contributed by atoms with van der Waals surface area (Å²) in [5.41, 5.74) is 2.92. The fraction of sp³-hybridized carbons (Fsp3) is 0.400. The number of aryl methyl sites for hydroxylation is 2. The molecule has 0 bridgehead atoms. The van der Waals surface area contributed by atoms with E-state index in [2.05, 4.69) is 20.5 Å². The highest BCUT2D eigenvalue weighted by Gasteiger charge is 2.07. The molecule has 0 radical (unpaired) electrons. The fourth-order valence-electron chi connectivity index (χ4n) is 2.01. The Morgan fingerprint density at radius 2 is 2.24 bits per heavy atom. The van der Waals surface area contributed by atoms with Gasteiger partial charge >= 0.3 is 0 Å². The topological polar surface area (TPSA) is 73.9 Å². The second-order valence-electron chi connectivity index (χ2n) is 5.18. The van der Waals surface area contributed by atoms with Crippen LogP contribution < -0.4 is 10.2 Å². The number of nitrogens with zero attached hydrogens (tertiary/aromatic N) is 3. The second kappa shape index (κ2) is 6.88. The number of anilines is 1. The van der Waals surface area contributed by atoms with Crippen LogP contribution in [0.15, 0.2) is 24.5 Å². The first-order valence-corrected chi connectivity index (χ1v) is 6.98. The minimum atomic E-state index is -0.0654. The highest BCUT2D eigenvalue weighted by molar-refractivity contribution is 5.94. The third kappa shape index (κ3) is 4.05. The molecule has 21 heavy (non-hydrogen) atoms. The van der Waals surface area contributed by atoms with E-state index >= 15 is 0 Å². The molecule has 0 aliphatic carbocycles. The van der Waals surface area contributed by atoms with Crippen molar-refractivity contribution in [1.29, 1.82) is 0 Å². The Morgan fingerprint density at radius 3 is 2.90 bits per heavy atom. The van der Waals surface area contributed by atoms with Crippen molar-refractivity contribution in [3.05, 3.63) is 41.3 Å². The van der Waals surface area contributed by atoms with Crippen LogP contribution in [0.2, 0.25) is 0 Å². The molecule has 0 aliphatic heterocycles. The Labute approximate surface area is 124 Å². The average molecular weight is 287 g/mol. The largest absolute Gasteiger partial charge is 0.363 e. The van der Waals surface area contributed by atoms with Gasteiger partial charge in [0.25, 0.3) is 5.91 Å². The Bertz CT molecular complexity index is 606. The molecular formula is C15H21N5O. The van der Waals surface area contributed by atoms with Gasteiger partial charge < -0.3 is 10.2 Å². The minimum Gasteiger partial charge on any atom is -0.363 e. The first-order chi connectivity index (χ1) is 10.1. The van der Waals surface area contributed by atoms with Crippen LogP contribution >= 0.6 is 0 Å². The van der Waals surface area contributed by atoms with Crippen LogP contribution in [0.4, 0.5) is 5.82 Å². The number of rotatable bonds is 6. The summed E-state index contributed by atoms with van der Waals surface area (Å²) in [6, 6.07) is 3.51. The molecule has 0 aromatic carbocycles.